The fraction of sp³-hybridized carbons (Fsp3) is 0.600. The van der Waals surface area contributed by atoms with Crippen molar-refractivity contribution >= 4 is 11.8 Å². The summed E-state index contributed by atoms with van der Waals surface area (Å²) in [5.41, 5.74) is 0. The van der Waals surface area contributed by atoms with E-state index in [1.165, 1.54) is 5.75 Å². The Balaban J connectivity index is 2.10. The third-order valence-corrected chi connectivity index (χ3v) is 3.18. The highest BCUT2D eigenvalue weighted by molar-refractivity contribution is 8.00. The van der Waals surface area contributed by atoms with Crippen molar-refractivity contribution in [3.63, 3.8) is 0 Å². The van der Waals surface area contributed by atoms with Crippen LogP contribution in [0.25, 0.3) is 0 Å². The summed E-state index contributed by atoms with van der Waals surface area (Å²) in [6, 6.07) is 0.648. The van der Waals surface area contributed by atoms with E-state index in [4.69, 9.17) is 0 Å². The van der Waals surface area contributed by atoms with Crippen molar-refractivity contribution in [2.75, 3.05) is 12.3 Å². The van der Waals surface area contributed by atoms with Crippen molar-refractivity contribution in [2.24, 2.45) is 0 Å². The number of allylic oxidation sites excluding steroid dienone is 1. The Morgan fingerprint density at radius 3 is 3.08 bits per heavy atom. The summed E-state index contributed by atoms with van der Waals surface area (Å²) < 4.78 is 0. The maximum atomic E-state index is 3.46. The Hall–Kier alpha value is -0.410. The first kappa shape index (κ1) is 10.7. The fourth-order valence-electron chi connectivity index (χ4n) is 1.15. The van der Waals surface area contributed by atoms with Crippen LogP contribution in [0, 0.1) is 0 Å². The van der Waals surface area contributed by atoms with E-state index < -0.39 is 0 Å². The Kier molecular flexibility index (Phi) is 5.01. The standard InChI is InChI=1S/C10H18N2S/c1-3-4-6-11-7-5-10-12-9(2)8-13-10/h3-5,7,9-12H,6,8H2,1-2H3/b4-3-,7-5+. The van der Waals surface area contributed by atoms with Gasteiger partial charge in [0, 0.05) is 18.3 Å². The molecule has 13 heavy (non-hydrogen) atoms. The van der Waals surface area contributed by atoms with Gasteiger partial charge in [-0.05, 0) is 26.1 Å². The van der Waals surface area contributed by atoms with E-state index in [-0.39, 0.29) is 0 Å². The molecule has 2 unspecified atom stereocenters. The first-order valence-corrected chi connectivity index (χ1v) is 5.76. The number of hydrogen-bond donors (Lipinski definition) is 2. The summed E-state index contributed by atoms with van der Waals surface area (Å²) in [7, 11) is 0. The molecule has 3 heteroatoms. The zero-order valence-electron chi connectivity index (χ0n) is 8.29. The number of nitrogens with one attached hydrogen (secondary N) is 2. The van der Waals surface area contributed by atoms with Crippen LogP contribution in [-0.4, -0.2) is 23.7 Å². The van der Waals surface area contributed by atoms with Crippen molar-refractivity contribution in [1.29, 1.82) is 0 Å². The van der Waals surface area contributed by atoms with E-state index in [0.717, 1.165) is 6.54 Å². The fourth-order valence-corrected chi connectivity index (χ4v) is 2.26. The largest absolute Gasteiger partial charge is 0.388 e. The molecule has 0 bridgehead atoms. The molecular weight excluding hydrogens is 180 g/mol. The molecule has 2 nitrogen and oxygen atoms in total. The van der Waals surface area contributed by atoms with Crippen molar-refractivity contribution in [3.05, 3.63) is 24.4 Å². The van der Waals surface area contributed by atoms with Crippen molar-refractivity contribution in [2.45, 2.75) is 25.3 Å². The van der Waals surface area contributed by atoms with Gasteiger partial charge in [0.2, 0.25) is 0 Å². The van der Waals surface area contributed by atoms with Gasteiger partial charge in [0.25, 0.3) is 0 Å². The van der Waals surface area contributed by atoms with Gasteiger partial charge < -0.3 is 5.32 Å². The monoisotopic (exact) mass is 198 g/mol. The summed E-state index contributed by atoms with van der Waals surface area (Å²) in [6.45, 7) is 5.16. The van der Waals surface area contributed by atoms with Gasteiger partial charge in [-0.15, -0.1) is 11.8 Å². The lowest BCUT2D eigenvalue weighted by atomic mass is 10.4. The first-order valence-electron chi connectivity index (χ1n) is 4.72. The average Bonchev–Trinajstić information content (AvgIpc) is 2.51. The number of rotatable bonds is 4. The van der Waals surface area contributed by atoms with Crippen LogP contribution in [0.15, 0.2) is 24.4 Å². The Morgan fingerprint density at radius 2 is 2.46 bits per heavy atom. The van der Waals surface area contributed by atoms with Crippen LogP contribution in [-0.2, 0) is 0 Å². The minimum atomic E-state index is 0.494. The van der Waals surface area contributed by atoms with Crippen LogP contribution < -0.4 is 10.6 Å². The molecule has 1 aliphatic rings. The lowest BCUT2D eigenvalue weighted by molar-refractivity contribution is 0.648. The summed E-state index contributed by atoms with van der Waals surface area (Å²) in [6.07, 6.45) is 8.36. The molecule has 0 aromatic heterocycles. The number of hydrogen-bond acceptors (Lipinski definition) is 3. The lowest BCUT2D eigenvalue weighted by Crippen LogP contribution is -2.25. The Morgan fingerprint density at radius 1 is 1.62 bits per heavy atom. The van der Waals surface area contributed by atoms with Crippen molar-refractivity contribution in [3.8, 4) is 0 Å². The van der Waals surface area contributed by atoms with Gasteiger partial charge >= 0.3 is 0 Å². The summed E-state index contributed by atoms with van der Waals surface area (Å²) in [5.74, 6) is 1.21. The predicted molar refractivity (Wildman–Crippen MR) is 60.8 cm³/mol. The molecule has 1 aliphatic heterocycles. The second-order valence-corrected chi connectivity index (χ2v) is 4.33. The van der Waals surface area contributed by atoms with Crippen LogP contribution >= 0.6 is 11.8 Å². The van der Waals surface area contributed by atoms with E-state index in [1.54, 1.807) is 0 Å². The molecule has 0 saturated carbocycles. The molecule has 2 atom stereocenters. The van der Waals surface area contributed by atoms with Gasteiger partial charge in [0.15, 0.2) is 0 Å². The van der Waals surface area contributed by atoms with Crippen molar-refractivity contribution < 1.29 is 0 Å². The molecule has 1 rings (SSSR count). The summed E-state index contributed by atoms with van der Waals surface area (Å²) in [4.78, 5) is 0. The average molecular weight is 198 g/mol. The van der Waals surface area contributed by atoms with E-state index in [2.05, 4.69) is 29.7 Å². The third kappa shape index (κ3) is 4.39. The Bertz CT molecular complexity index is 189. The zero-order chi connectivity index (χ0) is 9.52. The highest BCUT2D eigenvalue weighted by Gasteiger charge is 2.17. The van der Waals surface area contributed by atoms with E-state index in [0.29, 0.717) is 11.4 Å². The van der Waals surface area contributed by atoms with E-state index >= 15 is 0 Å². The second-order valence-electron chi connectivity index (χ2n) is 3.16. The molecule has 1 fully saturated rings. The van der Waals surface area contributed by atoms with Gasteiger partial charge in [-0.1, -0.05) is 12.2 Å². The zero-order valence-corrected chi connectivity index (χ0v) is 9.10. The predicted octanol–water partition coefficient (Wildman–Crippen LogP) is 1.72. The molecule has 0 aromatic rings. The maximum Gasteiger partial charge on any atom is 0.0738 e. The molecule has 1 heterocycles. The topological polar surface area (TPSA) is 24.1 Å². The quantitative estimate of drug-likeness (QED) is 0.531. The van der Waals surface area contributed by atoms with Gasteiger partial charge in [-0.2, -0.15) is 0 Å². The normalized spacial score (nSPS) is 29.1. The minimum absolute atomic E-state index is 0.494. The molecule has 0 radical (unpaired) electrons. The molecular formula is C10H18N2S. The second kappa shape index (κ2) is 6.11. The van der Waals surface area contributed by atoms with E-state index in [9.17, 15) is 0 Å². The number of thioether (sulfide) groups is 1. The Labute approximate surface area is 84.9 Å². The van der Waals surface area contributed by atoms with Crippen LogP contribution in [0.1, 0.15) is 13.8 Å². The lowest BCUT2D eigenvalue weighted by Gasteiger charge is -2.04. The molecule has 1 saturated heterocycles. The highest BCUT2D eigenvalue weighted by Crippen LogP contribution is 2.18. The van der Waals surface area contributed by atoms with Crippen LogP contribution in [0.2, 0.25) is 0 Å². The smallest absolute Gasteiger partial charge is 0.0738 e. The first-order chi connectivity index (χ1) is 6.33. The maximum absolute atomic E-state index is 3.46. The molecule has 2 N–H and O–H groups in total. The third-order valence-electron chi connectivity index (χ3n) is 1.83. The SMILES string of the molecule is C/C=C\CN/C=C/C1NC(C)CS1. The molecule has 0 aliphatic carbocycles. The summed E-state index contributed by atoms with van der Waals surface area (Å²) in [5, 5.41) is 7.16. The van der Waals surface area contributed by atoms with Crippen LogP contribution in [0.4, 0.5) is 0 Å². The van der Waals surface area contributed by atoms with Gasteiger partial charge in [-0.3, -0.25) is 5.32 Å². The highest BCUT2D eigenvalue weighted by atomic mass is 32.2. The van der Waals surface area contributed by atoms with Gasteiger partial charge in [-0.25, -0.2) is 0 Å². The molecule has 0 amide bonds. The van der Waals surface area contributed by atoms with Gasteiger partial charge in [0.1, 0.15) is 0 Å². The van der Waals surface area contributed by atoms with Crippen molar-refractivity contribution in [1.82, 2.24) is 10.6 Å². The van der Waals surface area contributed by atoms with E-state index in [1.807, 2.05) is 31.0 Å². The molecule has 0 spiro atoms. The van der Waals surface area contributed by atoms with Gasteiger partial charge in [0.05, 0.1) is 5.37 Å². The molecule has 0 aromatic carbocycles. The van der Waals surface area contributed by atoms with Crippen LogP contribution in [0.3, 0.4) is 0 Å². The molecule has 74 valence electrons. The van der Waals surface area contributed by atoms with Crippen LogP contribution in [0.5, 0.6) is 0 Å². The minimum Gasteiger partial charge on any atom is -0.388 e. The summed E-state index contributed by atoms with van der Waals surface area (Å²) >= 11 is 1.96.